The van der Waals surface area contributed by atoms with E-state index in [0.717, 1.165) is 6.54 Å². The molecule has 0 aliphatic carbocycles. The largest absolute Gasteiger partial charge is 0.389 e. The van der Waals surface area contributed by atoms with Gasteiger partial charge in [0.15, 0.2) is 0 Å². The lowest BCUT2D eigenvalue weighted by Crippen LogP contribution is -2.36. The summed E-state index contributed by atoms with van der Waals surface area (Å²) in [6, 6.07) is 0.157. The third-order valence-corrected chi connectivity index (χ3v) is 2.98. The predicted molar refractivity (Wildman–Crippen MR) is 40.3 cm³/mol. The molecule has 2 N–H and O–H groups in total. The van der Waals surface area contributed by atoms with Crippen molar-refractivity contribution in [1.29, 1.82) is 0 Å². The molecule has 3 unspecified atom stereocenters. The standard InChI is InChI=1S/C6H10BrNO2/c7-3-1-8-5-4(9)2-10-6(3)5/h3-6,8-9H,1-2H2/t3?,4?,5?,6-/m1/s1. The molecule has 58 valence electrons. The van der Waals surface area contributed by atoms with E-state index in [-0.39, 0.29) is 18.2 Å². The fourth-order valence-corrected chi connectivity index (χ4v) is 2.25. The second-order valence-electron chi connectivity index (χ2n) is 2.82. The summed E-state index contributed by atoms with van der Waals surface area (Å²) in [6.07, 6.45) is -0.137. The van der Waals surface area contributed by atoms with E-state index < -0.39 is 0 Å². The van der Waals surface area contributed by atoms with Gasteiger partial charge in [0.2, 0.25) is 0 Å². The van der Waals surface area contributed by atoms with Gasteiger partial charge in [-0.25, -0.2) is 0 Å². The van der Waals surface area contributed by atoms with Crippen LogP contribution in [0.5, 0.6) is 0 Å². The van der Waals surface area contributed by atoms with Gasteiger partial charge < -0.3 is 15.2 Å². The maximum Gasteiger partial charge on any atom is 0.0952 e. The van der Waals surface area contributed by atoms with Gasteiger partial charge in [-0.05, 0) is 0 Å². The van der Waals surface area contributed by atoms with E-state index in [9.17, 15) is 5.11 Å². The first-order chi connectivity index (χ1) is 4.79. The Balaban J connectivity index is 2.09. The number of alkyl halides is 1. The first kappa shape index (κ1) is 7.03. The van der Waals surface area contributed by atoms with Crippen molar-refractivity contribution in [1.82, 2.24) is 5.32 Å². The Kier molecular flexibility index (Phi) is 1.72. The maximum absolute atomic E-state index is 9.31. The summed E-state index contributed by atoms with van der Waals surface area (Å²) in [4.78, 5) is 0.370. The quantitative estimate of drug-likeness (QED) is 0.526. The van der Waals surface area contributed by atoms with Crippen LogP contribution in [0.1, 0.15) is 0 Å². The van der Waals surface area contributed by atoms with Crippen LogP contribution in [0, 0.1) is 0 Å². The van der Waals surface area contributed by atoms with Gasteiger partial charge in [-0.3, -0.25) is 0 Å². The van der Waals surface area contributed by atoms with E-state index in [0.29, 0.717) is 11.4 Å². The number of halogens is 1. The van der Waals surface area contributed by atoms with E-state index >= 15 is 0 Å². The zero-order valence-electron chi connectivity index (χ0n) is 5.46. The molecule has 2 aliphatic rings. The summed E-state index contributed by atoms with van der Waals surface area (Å²) in [7, 11) is 0. The normalized spacial score (nSPS) is 53.4. The number of rotatable bonds is 0. The van der Waals surface area contributed by atoms with Crippen LogP contribution < -0.4 is 5.32 Å². The highest BCUT2D eigenvalue weighted by atomic mass is 79.9. The van der Waals surface area contributed by atoms with Crippen LogP contribution >= 0.6 is 15.9 Å². The van der Waals surface area contributed by atoms with E-state index in [1.165, 1.54) is 0 Å². The lowest BCUT2D eigenvalue weighted by Gasteiger charge is -2.10. The Hall–Kier alpha value is 0.360. The molecule has 4 atom stereocenters. The van der Waals surface area contributed by atoms with Gasteiger partial charge in [-0.2, -0.15) is 0 Å². The molecule has 0 aromatic rings. The summed E-state index contributed by atoms with van der Waals surface area (Å²) in [5, 5.41) is 12.5. The predicted octanol–water partition coefficient (Wildman–Crippen LogP) is -0.519. The van der Waals surface area contributed by atoms with Crippen molar-refractivity contribution in [2.75, 3.05) is 13.2 Å². The lowest BCUT2D eigenvalue weighted by atomic mass is 10.1. The van der Waals surface area contributed by atoms with Crippen molar-refractivity contribution in [3.8, 4) is 0 Å². The lowest BCUT2D eigenvalue weighted by molar-refractivity contribution is 0.0905. The molecular weight excluding hydrogens is 198 g/mol. The minimum absolute atomic E-state index is 0.157. The molecule has 10 heavy (non-hydrogen) atoms. The molecule has 0 aromatic carbocycles. The molecule has 0 aromatic heterocycles. The van der Waals surface area contributed by atoms with Crippen LogP contribution in [0.15, 0.2) is 0 Å². The molecule has 2 fully saturated rings. The molecule has 0 spiro atoms. The third kappa shape index (κ3) is 0.906. The second kappa shape index (κ2) is 2.44. The molecular formula is C6H10BrNO2. The average Bonchev–Trinajstić information content (AvgIpc) is 2.41. The zero-order chi connectivity index (χ0) is 7.14. The highest BCUT2D eigenvalue weighted by molar-refractivity contribution is 9.09. The maximum atomic E-state index is 9.31. The summed E-state index contributed by atoms with van der Waals surface area (Å²) in [5.74, 6) is 0. The Morgan fingerprint density at radius 1 is 1.60 bits per heavy atom. The molecule has 2 heterocycles. The minimum atomic E-state index is -0.312. The van der Waals surface area contributed by atoms with Crippen molar-refractivity contribution in [2.45, 2.75) is 23.1 Å². The minimum Gasteiger partial charge on any atom is -0.389 e. The van der Waals surface area contributed by atoms with Gasteiger partial charge in [0, 0.05) is 6.54 Å². The van der Waals surface area contributed by atoms with Crippen molar-refractivity contribution < 1.29 is 9.84 Å². The van der Waals surface area contributed by atoms with Gasteiger partial charge >= 0.3 is 0 Å². The van der Waals surface area contributed by atoms with Gasteiger partial charge in [0.05, 0.1) is 29.7 Å². The molecule has 0 amide bonds. The van der Waals surface area contributed by atoms with Crippen LogP contribution in [0.25, 0.3) is 0 Å². The Labute approximate surface area is 67.9 Å². The van der Waals surface area contributed by atoms with Crippen LogP contribution in [0.3, 0.4) is 0 Å². The molecule has 3 nitrogen and oxygen atoms in total. The van der Waals surface area contributed by atoms with Gasteiger partial charge in [-0.15, -0.1) is 0 Å². The van der Waals surface area contributed by atoms with E-state index in [1.807, 2.05) is 0 Å². The SMILES string of the molecule is OC1CO[C@@H]2C(Br)CNC12. The van der Waals surface area contributed by atoms with Crippen molar-refractivity contribution in [3.05, 3.63) is 0 Å². The second-order valence-corrected chi connectivity index (χ2v) is 3.99. The molecule has 0 radical (unpaired) electrons. The van der Waals surface area contributed by atoms with Gasteiger partial charge in [0.25, 0.3) is 0 Å². The Bertz CT molecular complexity index is 128. The van der Waals surface area contributed by atoms with Crippen LogP contribution in [0.4, 0.5) is 0 Å². The molecule has 2 saturated heterocycles. The highest BCUT2D eigenvalue weighted by Gasteiger charge is 2.44. The van der Waals surface area contributed by atoms with Crippen LogP contribution in [0.2, 0.25) is 0 Å². The number of aliphatic hydroxyl groups excluding tert-OH is 1. The van der Waals surface area contributed by atoms with Crippen LogP contribution in [-0.4, -0.2) is 41.3 Å². The number of fused-ring (bicyclic) bond motifs is 1. The van der Waals surface area contributed by atoms with E-state index in [1.54, 1.807) is 0 Å². The summed E-state index contributed by atoms with van der Waals surface area (Å²) in [6.45, 7) is 1.37. The fourth-order valence-electron chi connectivity index (χ4n) is 1.58. The van der Waals surface area contributed by atoms with Gasteiger partial charge in [-0.1, -0.05) is 15.9 Å². The molecule has 0 bridgehead atoms. The number of hydrogen-bond acceptors (Lipinski definition) is 3. The first-order valence-electron chi connectivity index (χ1n) is 3.46. The Morgan fingerprint density at radius 2 is 2.40 bits per heavy atom. The van der Waals surface area contributed by atoms with Crippen LogP contribution in [-0.2, 0) is 4.74 Å². The van der Waals surface area contributed by atoms with Crippen molar-refractivity contribution in [2.24, 2.45) is 0 Å². The average molecular weight is 208 g/mol. The number of hydrogen-bond donors (Lipinski definition) is 2. The van der Waals surface area contributed by atoms with Crippen molar-refractivity contribution in [3.63, 3.8) is 0 Å². The summed E-state index contributed by atoms with van der Waals surface area (Å²) < 4.78 is 5.34. The number of nitrogens with one attached hydrogen (secondary N) is 1. The zero-order valence-corrected chi connectivity index (χ0v) is 7.04. The molecule has 4 heteroatoms. The smallest absolute Gasteiger partial charge is 0.0952 e. The molecule has 2 aliphatic heterocycles. The monoisotopic (exact) mass is 207 g/mol. The summed E-state index contributed by atoms with van der Waals surface area (Å²) >= 11 is 3.47. The fraction of sp³-hybridized carbons (Fsp3) is 1.00. The topological polar surface area (TPSA) is 41.5 Å². The van der Waals surface area contributed by atoms with Gasteiger partial charge in [0.1, 0.15) is 0 Å². The number of ether oxygens (including phenoxy) is 1. The molecule has 2 rings (SSSR count). The Morgan fingerprint density at radius 3 is 3.10 bits per heavy atom. The van der Waals surface area contributed by atoms with E-state index in [4.69, 9.17) is 4.74 Å². The number of aliphatic hydroxyl groups is 1. The first-order valence-corrected chi connectivity index (χ1v) is 4.38. The highest BCUT2D eigenvalue weighted by Crippen LogP contribution is 2.26. The third-order valence-electron chi connectivity index (χ3n) is 2.13. The van der Waals surface area contributed by atoms with Crippen molar-refractivity contribution >= 4 is 15.9 Å². The van der Waals surface area contributed by atoms with E-state index in [2.05, 4.69) is 21.2 Å². The molecule has 0 saturated carbocycles. The summed E-state index contributed by atoms with van der Waals surface area (Å²) in [5.41, 5.74) is 0.